The summed E-state index contributed by atoms with van der Waals surface area (Å²) < 4.78 is 5.17. The minimum absolute atomic E-state index is 0.319. The molecule has 152 valence electrons. The highest BCUT2D eigenvalue weighted by Gasteiger charge is 2.61. The number of benzene rings is 2. The molecule has 2 aromatic heterocycles. The van der Waals surface area contributed by atoms with Crippen molar-refractivity contribution in [2.45, 2.75) is 76.0 Å². The van der Waals surface area contributed by atoms with Gasteiger partial charge in [-0.15, -0.1) is 0 Å². The Hall–Kier alpha value is -2.35. The SMILES string of the molecule is Cc1ccc2c3c1c1cccc(C)c1c1n3c(c[n+]1C)C13CCCCC21CCCC3. The van der Waals surface area contributed by atoms with Crippen molar-refractivity contribution < 1.29 is 4.57 Å². The average molecular weight is 396 g/mol. The number of aryl methyl sites for hydroxylation is 3. The monoisotopic (exact) mass is 395 g/mol. The number of fused-ring (bicyclic) bond motifs is 3. The van der Waals surface area contributed by atoms with Crippen LogP contribution in [0.25, 0.3) is 27.3 Å². The van der Waals surface area contributed by atoms with Gasteiger partial charge in [0.2, 0.25) is 0 Å². The maximum Gasteiger partial charge on any atom is 0.295 e. The van der Waals surface area contributed by atoms with Gasteiger partial charge in [0, 0.05) is 27.2 Å². The van der Waals surface area contributed by atoms with Crippen LogP contribution >= 0.6 is 0 Å². The van der Waals surface area contributed by atoms with Crippen LogP contribution in [0.3, 0.4) is 0 Å². The van der Waals surface area contributed by atoms with E-state index in [1.165, 1.54) is 89.8 Å². The fourth-order valence-electron chi connectivity index (χ4n) is 8.19. The molecule has 2 heteroatoms. The van der Waals surface area contributed by atoms with Gasteiger partial charge in [0.05, 0.1) is 12.4 Å². The zero-order valence-electron chi connectivity index (χ0n) is 18.5. The van der Waals surface area contributed by atoms with Gasteiger partial charge in [0.15, 0.2) is 5.69 Å². The van der Waals surface area contributed by atoms with Crippen LogP contribution in [0.2, 0.25) is 0 Å². The number of rotatable bonds is 0. The third kappa shape index (κ3) is 1.70. The van der Waals surface area contributed by atoms with Gasteiger partial charge >= 0.3 is 0 Å². The molecule has 2 fully saturated rings. The molecule has 0 spiro atoms. The first-order valence-electron chi connectivity index (χ1n) is 12.0. The van der Waals surface area contributed by atoms with Crippen LogP contribution in [0, 0.1) is 13.8 Å². The molecular weight excluding hydrogens is 364 g/mol. The molecule has 0 amide bonds. The van der Waals surface area contributed by atoms with Crippen molar-refractivity contribution in [3.63, 3.8) is 0 Å². The lowest BCUT2D eigenvalue weighted by atomic mass is 9.46. The van der Waals surface area contributed by atoms with Crippen LogP contribution in [-0.4, -0.2) is 4.40 Å². The molecule has 0 unspecified atom stereocenters. The first-order chi connectivity index (χ1) is 14.6. The lowest BCUT2D eigenvalue weighted by molar-refractivity contribution is -0.643. The van der Waals surface area contributed by atoms with Crippen LogP contribution in [0.1, 0.15) is 73.8 Å². The van der Waals surface area contributed by atoms with E-state index < -0.39 is 0 Å². The van der Waals surface area contributed by atoms with E-state index in [0.29, 0.717) is 10.8 Å². The first-order valence-corrected chi connectivity index (χ1v) is 12.0. The van der Waals surface area contributed by atoms with E-state index in [4.69, 9.17) is 0 Å². The second-order valence-corrected chi connectivity index (χ2v) is 10.5. The molecule has 0 N–H and O–H groups in total. The summed E-state index contributed by atoms with van der Waals surface area (Å²) in [5, 5.41) is 4.37. The summed E-state index contributed by atoms with van der Waals surface area (Å²) in [7, 11) is 2.28. The fourth-order valence-corrected chi connectivity index (χ4v) is 8.19. The molecule has 30 heavy (non-hydrogen) atoms. The molecule has 2 aliphatic carbocycles. The van der Waals surface area contributed by atoms with Crippen molar-refractivity contribution in [3.05, 3.63) is 58.9 Å². The summed E-state index contributed by atoms with van der Waals surface area (Å²) in [5.41, 5.74) is 9.67. The number of aromatic nitrogens is 2. The summed E-state index contributed by atoms with van der Waals surface area (Å²) in [6.45, 7) is 4.60. The topological polar surface area (TPSA) is 8.29 Å². The Morgan fingerprint density at radius 1 is 0.800 bits per heavy atom. The molecule has 0 saturated heterocycles. The van der Waals surface area contributed by atoms with Crippen molar-refractivity contribution in [1.29, 1.82) is 0 Å². The van der Waals surface area contributed by atoms with E-state index >= 15 is 0 Å². The Kier molecular flexibility index (Phi) is 3.16. The smallest absolute Gasteiger partial charge is 0.232 e. The fraction of sp³-hybridized carbons (Fsp3) is 0.464. The van der Waals surface area contributed by atoms with E-state index in [-0.39, 0.29) is 0 Å². The number of hydrogen-bond acceptors (Lipinski definition) is 0. The van der Waals surface area contributed by atoms with Gasteiger partial charge in [-0.3, -0.25) is 0 Å². The van der Waals surface area contributed by atoms with Gasteiger partial charge in [-0.2, -0.15) is 4.40 Å². The minimum atomic E-state index is 0.319. The quantitative estimate of drug-likeness (QED) is 0.243. The molecule has 0 radical (unpaired) electrons. The third-order valence-corrected chi connectivity index (χ3v) is 9.31. The van der Waals surface area contributed by atoms with Crippen LogP contribution in [0.15, 0.2) is 36.5 Å². The summed E-state index contributed by atoms with van der Waals surface area (Å²) in [6, 6.07) is 11.9. The normalized spacial score (nSPS) is 27.7. The number of pyridine rings is 1. The Bertz CT molecular complexity index is 1380. The first kappa shape index (κ1) is 17.3. The van der Waals surface area contributed by atoms with Crippen LogP contribution in [0.5, 0.6) is 0 Å². The molecule has 0 atom stereocenters. The second-order valence-electron chi connectivity index (χ2n) is 10.5. The second kappa shape index (κ2) is 5.46. The van der Waals surface area contributed by atoms with Gasteiger partial charge in [0.25, 0.3) is 5.65 Å². The van der Waals surface area contributed by atoms with E-state index in [1.807, 2.05) is 0 Å². The lowest BCUT2D eigenvalue weighted by Crippen LogP contribution is -2.56. The molecule has 1 aliphatic heterocycles. The Morgan fingerprint density at radius 2 is 1.47 bits per heavy atom. The predicted molar refractivity (Wildman–Crippen MR) is 123 cm³/mol. The van der Waals surface area contributed by atoms with Gasteiger partial charge in [-0.1, -0.05) is 56.0 Å². The highest BCUT2D eigenvalue weighted by Crippen LogP contribution is 2.64. The Balaban J connectivity index is 1.84. The predicted octanol–water partition coefficient (Wildman–Crippen LogP) is 6.32. The minimum Gasteiger partial charge on any atom is -0.232 e. The van der Waals surface area contributed by atoms with E-state index in [0.717, 1.165) is 0 Å². The average Bonchev–Trinajstić information content (AvgIpc) is 3.11. The molecule has 2 saturated carbocycles. The molecule has 2 aromatic carbocycles. The van der Waals surface area contributed by atoms with Crippen LogP contribution in [0.4, 0.5) is 0 Å². The summed E-state index contributed by atoms with van der Waals surface area (Å²) in [6.07, 6.45) is 13.5. The van der Waals surface area contributed by atoms with Crippen molar-refractivity contribution in [3.8, 4) is 0 Å². The maximum absolute atomic E-state index is 2.72. The Morgan fingerprint density at radius 3 is 2.20 bits per heavy atom. The molecule has 7 rings (SSSR count). The highest BCUT2D eigenvalue weighted by molar-refractivity contribution is 6.14. The molecular formula is C28H31N2+. The van der Waals surface area contributed by atoms with Crippen LogP contribution < -0.4 is 4.57 Å². The van der Waals surface area contributed by atoms with Crippen LogP contribution in [-0.2, 0) is 17.9 Å². The molecule has 3 aliphatic rings. The van der Waals surface area contributed by atoms with Crippen molar-refractivity contribution in [2.24, 2.45) is 7.05 Å². The third-order valence-electron chi connectivity index (χ3n) is 9.31. The highest BCUT2D eigenvalue weighted by atomic mass is 15.1. The molecule has 0 bridgehead atoms. The van der Waals surface area contributed by atoms with E-state index in [1.54, 1.807) is 11.3 Å². The van der Waals surface area contributed by atoms with Crippen molar-refractivity contribution in [2.75, 3.05) is 0 Å². The number of nitrogens with zero attached hydrogens (tertiary/aromatic N) is 2. The standard InChI is InChI=1S/C28H31N2/c1-18-9-8-10-20-23-19(2)11-12-21-25(23)30-22(17-29(3)26(30)24(18)20)28-15-6-4-13-27(21,28)14-5-7-16-28/h8-12,17H,4-7,13-16H2,1-3H3/q+1. The molecule has 2 nitrogen and oxygen atoms in total. The van der Waals surface area contributed by atoms with Gasteiger partial charge in [0.1, 0.15) is 11.7 Å². The van der Waals surface area contributed by atoms with Crippen molar-refractivity contribution >= 4 is 27.3 Å². The summed E-state index contributed by atoms with van der Waals surface area (Å²) >= 11 is 0. The van der Waals surface area contributed by atoms with Gasteiger partial charge < -0.3 is 0 Å². The van der Waals surface area contributed by atoms with Gasteiger partial charge in [-0.05, 0) is 50.7 Å². The largest absolute Gasteiger partial charge is 0.295 e. The van der Waals surface area contributed by atoms with Gasteiger partial charge in [-0.25, -0.2) is 4.57 Å². The molecule has 4 aromatic rings. The van der Waals surface area contributed by atoms with E-state index in [9.17, 15) is 0 Å². The number of imidazole rings is 1. The van der Waals surface area contributed by atoms with E-state index in [2.05, 4.69) is 66.4 Å². The zero-order valence-corrected chi connectivity index (χ0v) is 18.5. The lowest BCUT2D eigenvalue weighted by Gasteiger charge is -2.57. The van der Waals surface area contributed by atoms with Crippen molar-refractivity contribution in [1.82, 2.24) is 4.40 Å². The zero-order chi connectivity index (χ0) is 20.3. The summed E-state index contributed by atoms with van der Waals surface area (Å²) in [4.78, 5) is 0. The summed E-state index contributed by atoms with van der Waals surface area (Å²) in [5.74, 6) is 0. The number of hydrogen-bond donors (Lipinski definition) is 0. The maximum atomic E-state index is 2.72. The Labute approximate surface area is 178 Å². The molecule has 3 heterocycles.